The van der Waals surface area contributed by atoms with Crippen molar-refractivity contribution < 1.29 is 4.79 Å². The molecule has 1 amide bonds. The molecule has 9 heteroatoms. The van der Waals surface area contributed by atoms with Gasteiger partial charge in [0.2, 0.25) is 5.91 Å². The fraction of sp³-hybridized carbons (Fsp3) is 0.375. The number of aromatic nitrogens is 2. The first-order chi connectivity index (χ1) is 11.6. The maximum atomic E-state index is 11.9. The number of nitrogens with zero attached hydrogens (tertiary/aromatic N) is 3. The molecule has 3 N–H and O–H groups in total. The Morgan fingerprint density at radius 3 is 2.72 bits per heavy atom. The molecule has 0 saturated heterocycles. The van der Waals surface area contributed by atoms with E-state index in [1.165, 1.54) is 4.88 Å². The molecule has 2 aromatic rings. The van der Waals surface area contributed by atoms with Gasteiger partial charge in [-0.3, -0.25) is 9.79 Å². The molecule has 25 heavy (non-hydrogen) atoms. The first-order valence-electron chi connectivity index (χ1n) is 7.66. The quantitative estimate of drug-likeness (QED) is 0.340. The van der Waals surface area contributed by atoms with E-state index < -0.39 is 0 Å². The lowest BCUT2D eigenvalue weighted by Crippen LogP contribution is -2.38. The van der Waals surface area contributed by atoms with Crippen LogP contribution in [0, 0.1) is 13.8 Å². The Bertz CT molecular complexity index is 718. The Labute approximate surface area is 168 Å². The SMILES string of the molecule is CN=C(NCCC(=O)Nc1cccc(C)n1)NCc1ncc(C)s1.I. The zero-order valence-corrected chi connectivity index (χ0v) is 17.6. The van der Waals surface area contributed by atoms with Crippen LogP contribution in [0.2, 0.25) is 0 Å². The number of amides is 1. The lowest BCUT2D eigenvalue weighted by Gasteiger charge is -2.11. The Morgan fingerprint density at radius 2 is 2.08 bits per heavy atom. The number of thiazole rings is 1. The van der Waals surface area contributed by atoms with Crippen LogP contribution < -0.4 is 16.0 Å². The maximum Gasteiger partial charge on any atom is 0.227 e. The molecular weight excluding hydrogens is 451 g/mol. The number of nitrogens with one attached hydrogen (secondary N) is 3. The second kappa shape index (κ2) is 11.0. The van der Waals surface area contributed by atoms with Crippen molar-refractivity contribution in [3.05, 3.63) is 40.0 Å². The molecule has 0 unspecified atom stereocenters. The van der Waals surface area contributed by atoms with Gasteiger partial charge in [0.25, 0.3) is 0 Å². The number of halogens is 1. The molecule has 0 aliphatic rings. The standard InChI is InChI=1S/C16H22N6OS.HI/c1-11-5-4-6-13(21-11)22-14(23)7-8-18-16(17-3)20-10-15-19-9-12(2)24-15;/h4-6,9H,7-8,10H2,1-3H3,(H2,17,18,20)(H,21,22,23);1H. The highest BCUT2D eigenvalue weighted by Gasteiger charge is 2.05. The van der Waals surface area contributed by atoms with Crippen molar-refractivity contribution >= 4 is 53.0 Å². The van der Waals surface area contributed by atoms with E-state index in [-0.39, 0.29) is 29.9 Å². The third-order valence-electron chi connectivity index (χ3n) is 3.10. The summed E-state index contributed by atoms with van der Waals surface area (Å²) in [5.74, 6) is 1.12. The van der Waals surface area contributed by atoms with Gasteiger partial charge in [0, 0.05) is 36.8 Å². The number of rotatable bonds is 6. The van der Waals surface area contributed by atoms with Crippen LogP contribution in [-0.4, -0.2) is 35.4 Å². The molecule has 0 fully saturated rings. The number of pyridine rings is 1. The van der Waals surface area contributed by atoms with E-state index in [0.29, 0.717) is 31.3 Å². The monoisotopic (exact) mass is 474 g/mol. The molecule has 0 aromatic carbocycles. The summed E-state index contributed by atoms with van der Waals surface area (Å²) in [4.78, 5) is 25.8. The summed E-state index contributed by atoms with van der Waals surface area (Å²) in [6.45, 7) is 5.00. The van der Waals surface area contributed by atoms with Crippen molar-refractivity contribution in [3.8, 4) is 0 Å². The number of hydrogen-bond acceptors (Lipinski definition) is 5. The number of aryl methyl sites for hydroxylation is 2. The molecule has 0 spiro atoms. The highest BCUT2D eigenvalue weighted by atomic mass is 127. The molecule has 2 rings (SSSR count). The van der Waals surface area contributed by atoms with Crippen molar-refractivity contribution in [2.45, 2.75) is 26.8 Å². The van der Waals surface area contributed by atoms with E-state index in [2.05, 4.69) is 30.9 Å². The minimum Gasteiger partial charge on any atom is -0.356 e. The van der Waals surface area contributed by atoms with Crippen LogP contribution in [0.3, 0.4) is 0 Å². The number of aliphatic imine (C=N–C) groups is 1. The average molecular weight is 474 g/mol. The lowest BCUT2D eigenvalue weighted by atomic mass is 10.3. The highest BCUT2D eigenvalue weighted by molar-refractivity contribution is 14.0. The van der Waals surface area contributed by atoms with Gasteiger partial charge in [0.05, 0.1) is 6.54 Å². The van der Waals surface area contributed by atoms with Crippen molar-refractivity contribution in [2.24, 2.45) is 4.99 Å². The van der Waals surface area contributed by atoms with Crippen LogP contribution in [0.1, 0.15) is 22.0 Å². The van der Waals surface area contributed by atoms with Gasteiger partial charge in [-0.05, 0) is 26.0 Å². The molecule has 0 saturated carbocycles. The number of anilines is 1. The number of carbonyl (C=O) groups is 1. The second-order valence-electron chi connectivity index (χ2n) is 5.18. The third-order valence-corrected chi connectivity index (χ3v) is 4.01. The molecule has 0 bridgehead atoms. The summed E-state index contributed by atoms with van der Waals surface area (Å²) in [6.07, 6.45) is 2.17. The summed E-state index contributed by atoms with van der Waals surface area (Å²) in [5, 5.41) is 10.1. The smallest absolute Gasteiger partial charge is 0.227 e. The molecule has 0 atom stereocenters. The highest BCUT2D eigenvalue weighted by Crippen LogP contribution is 2.10. The topological polar surface area (TPSA) is 91.3 Å². The van der Waals surface area contributed by atoms with E-state index in [1.54, 1.807) is 24.5 Å². The Hall–Kier alpha value is -1.75. The first-order valence-corrected chi connectivity index (χ1v) is 8.48. The Morgan fingerprint density at radius 1 is 1.28 bits per heavy atom. The zero-order valence-electron chi connectivity index (χ0n) is 14.5. The van der Waals surface area contributed by atoms with Gasteiger partial charge in [-0.1, -0.05) is 6.07 Å². The lowest BCUT2D eigenvalue weighted by molar-refractivity contribution is -0.116. The largest absolute Gasteiger partial charge is 0.356 e. The van der Waals surface area contributed by atoms with Gasteiger partial charge < -0.3 is 16.0 Å². The number of carbonyl (C=O) groups excluding carboxylic acids is 1. The summed E-state index contributed by atoms with van der Waals surface area (Å²) >= 11 is 1.64. The predicted molar refractivity (Wildman–Crippen MR) is 113 cm³/mol. The normalized spacial score (nSPS) is 10.8. The van der Waals surface area contributed by atoms with Crippen LogP contribution in [0.4, 0.5) is 5.82 Å². The summed E-state index contributed by atoms with van der Waals surface area (Å²) < 4.78 is 0. The van der Waals surface area contributed by atoms with Crippen molar-refractivity contribution in [2.75, 3.05) is 18.9 Å². The van der Waals surface area contributed by atoms with Gasteiger partial charge in [-0.15, -0.1) is 35.3 Å². The van der Waals surface area contributed by atoms with E-state index >= 15 is 0 Å². The van der Waals surface area contributed by atoms with Gasteiger partial charge in [0.1, 0.15) is 10.8 Å². The zero-order chi connectivity index (χ0) is 17.4. The first kappa shape index (κ1) is 21.3. The van der Waals surface area contributed by atoms with Gasteiger partial charge >= 0.3 is 0 Å². The van der Waals surface area contributed by atoms with Crippen LogP contribution >= 0.6 is 35.3 Å². The molecule has 2 heterocycles. The van der Waals surface area contributed by atoms with Crippen molar-refractivity contribution in [1.82, 2.24) is 20.6 Å². The maximum absolute atomic E-state index is 11.9. The summed E-state index contributed by atoms with van der Waals surface area (Å²) in [7, 11) is 1.69. The van der Waals surface area contributed by atoms with Crippen LogP contribution in [0.25, 0.3) is 0 Å². The van der Waals surface area contributed by atoms with Gasteiger partial charge in [0.15, 0.2) is 5.96 Å². The third kappa shape index (κ3) is 7.78. The van der Waals surface area contributed by atoms with Crippen LogP contribution in [0.5, 0.6) is 0 Å². The molecule has 0 aliphatic heterocycles. The summed E-state index contributed by atoms with van der Waals surface area (Å²) in [6, 6.07) is 5.52. The molecule has 7 nitrogen and oxygen atoms in total. The van der Waals surface area contributed by atoms with E-state index in [0.717, 1.165) is 10.7 Å². The number of hydrogen-bond donors (Lipinski definition) is 3. The van der Waals surface area contributed by atoms with Gasteiger partial charge in [-0.2, -0.15) is 0 Å². The summed E-state index contributed by atoms with van der Waals surface area (Å²) in [5.41, 5.74) is 0.868. The Balaban J connectivity index is 0.00000312. The van der Waals surface area contributed by atoms with Crippen LogP contribution in [-0.2, 0) is 11.3 Å². The minimum absolute atomic E-state index is 0. The molecule has 0 aliphatic carbocycles. The second-order valence-corrected chi connectivity index (χ2v) is 6.50. The van der Waals surface area contributed by atoms with Gasteiger partial charge in [-0.25, -0.2) is 9.97 Å². The fourth-order valence-corrected chi connectivity index (χ4v) is 2.70. The minimum atomic E-state index is -0.0911. The van der Waals surface area contributed by atoms with E-state index in [4.69, 9.17) is 0 Å². The molecule has 2 aromatic heterocycles. The van der Waals surface area contributed by atoms with E-state index in [9.17, 15) is 4.79 Å². The van der Waals surface area contributed by atoms with Crippen molar-refractivity contribution in [1.29, 1.82) is 0 Å². The molecular formula is C16H23IN6OS. The van der Waals surface area contributed by atoms with E-state index in [1.807, 2.05) is 32.2 Å². The van der Waals surface area contributed by atoms with Crippen LogP contribution in [0.15, 0.2) is 29.4 Å². The Kier molecular flexibility index (Phi) is 9.35. The van der Waals surface area contributed by atoms with Crippen molar-refractivity contribution in [3.63, 3.8) is 0 Å². The predicted octanol–water partition coefficient (Wildman–Crippen LogP) is 2.47. The average Bonchev–Trinajstić information content (AvgIpc) is 2.96. The molecule has 136 valence electrons. The number of guanidine groups is 1. The fourth-order valence-electron chi connectivity index (χ4n) is 1.98. The molecule has 0 radical (unpaired) electrons.